The van der Waals surface area contributed by atoms with Crippen molar-refractivity contribution in [2.75, 3.05) is 24.5 Å². The summed E-state index contributed by atoms with van der Waals surface area (Å²) in [5.74, 6) is 1.41. The van der Waals surface area contributed by atoms with Gasteiger partial charge >= 0.3 is 0 Å². The van der Waals surface area contributed by atoms with Crippen LogP contribution in [-0.4, -0.2) is 40.4 Å². The molecule has 5 nitrogen and oxygen atoms in total. The summed E-state index contributed by atoms with van der Waals surface area (Å²) in [6, 6.07) is 20.2. The maximum atomic E-state index is 13.2. The largest absolute Gasteiger partial charge is 0.337 e. The molecule has 3 heterocycles. The lowest BCUT2D eigenvalue weighted by Gasteiger charge is -2.27. The first-order valence-corrected chi connectivity index (χ1v) is 10.4. The van der Waals surface area contributed by atoms with Crippen molar-refractivity contribution >= 4 is 17.4 Å². The van der Waals surface area contributed by atoms with E-state index in [2.05, 4.69) is 34.1 Å². The van der Waals surface area contributed by atoms with Gasteiger partial charge in [-0.15, -0.1) is 0 Å². The minimum Gasteiger partial charge on any atom is -0.337 e. The average molecular weight is 384 g/mol. The fourth-order valence-corrected chi connectivity index (χ4v) is 4.23. The second kappa shape index (κ2) is 7.66. The molecular formula is C24H24N4O. The molecule has 0 saturated carbocycles. The van der Waals surface area contributed by atoms with Gasteiger partial charge in [0.15, 0.2) is 5.82 Å². The second-order valence-electron chi connectivity index (χ2n) is 7.68. The van der Waals surface area contributed by atoms with Crippen LogP contribution < -0.4 is 4.90 Å². The predicted octanol–water partition coefficient (Wildman–Crippen LogP) is 4.46. The summed E-state index contributed by atoms with van der Waals surface area (Å²) in [6.07, 6.45) is 4.30. The van der Waals surface area contributed by atoms with E-state index in [1.165, 1.54) is 17.7 Å². The normalized spacial score (nSPS) is 16.0. The van der Waals surface area contributed by atoms with Crippen molar-refractivity contribution in [3.05, 3.63) is 71.9 Å². The maximum absolute atomic E-state index is 13.2. The number of hydrogen-bond acceptors (Lipinski definition) is 4. The molecule has 3 aromatic rings. The number of piperidine rings is 1. The van der Waals surface area contributed by atoms with E-state index in [-0.39, 0.29) is 5.91 Å². The zero-order chi connectivity index (χ0) is 19.6. The Morgan fingerprint density at radius 1 is 0.828 bits per heavy atom. The van der Waals surface area contributed by atoms with E-state index in [4.69, 9.17) is 4.98 Å². The number of likely N-dealkylation sites (tertiary alicyclic amines) is 1. The highest BCUT2D eigenvalue weighted by Crippen LogP contribution is 2.34. The van der Waals surface area contributed by atoms with Crippen LogP contribution in [0.3, 0.4) is 0 Å². The number of amides is 1. The van der Waals surface area contributed by atoms with E-state index in [9.17, 15) is 4.79 Å². The summed E-state index contributed by atoms with van der Waals surface area (Å²) in [5.41, 5.74) is 3.90. The topological polar surface area (TPSA) is 49.3 Å². The number of nitrogens with zero attached hydrogens (tertiary/aromatic N) is 4. The molecule has 29 heavy (non-hydrogen) atoms. The first-order chi connectivity index (χ1) is 14.3. The summed E-state index contributed by atoms with van der Waals surface area (Å²) in [4.78, 5) is 26.9. The average Bonchev–Trinajstić information content (AvgIpc) is 3.24. The molecule has 0 unspecified atom stereocenters. The summed E-state index contributed by atoms with van der Waals surface area (Å²) < 4.78 is 0. The fraction of sp³-hybridized carbons (Fsp3) is 0.292. The molecule has 2 aliphatic heterocycles. The second-order valence-corrected chi connectivity index (χ2v) is 7.68. The van der Waals surface area contributed by atoms with Crippen molar-refractivity contribution in [1.29, 1.82) is 0 Å². The van der Waals surface area contributed by atoms with Gasteiger partial charge in [-0.2, -0.15) is 0 Å². The van der Waals surface area contributed by atoms with Gasteiger partial charge in [0.1, 0.15) is 11.5 Å². The molecule has 5 rings (SSSR count). The third kappa shape index (κ3) is 3.48. The Balaban J connectivity index is 1.58. The molecule has 1 aromatic heterocycles. The lowest BCUT2D eigenvalue weighted by molar-refractivity contribution is 0.0718. The van der Waals surface area contributed by atoms with Gasteiger partial charge in [0.25, 0.3) is 5.91 Å². The molecule has 0 N–H and O–H groups in total. The molecule has 1 amide bonds. The summed E-state index contributed by atoms with van der Waals surface area (Å²) >= 11 is 0. The lowest BCUT2D eigenvalue weighted by atomic mass is 10.1. The third-order valence-corrected chi connectivity index (χ3v) is 5.77. The van der Waals surface area contributed by atoms with Crippen LogP contribution in [0.5, 0.6) is 0 Å². The third-order valence-electron chi connectivity index (χ3n) is 5.77. The highest BCUT2D eigenvalue weighted by atomic mass is 16.2. The van der Waals surface area contributed by atoms with Gasteiger partial charge in [0.2, 0.25) is 0 Å². The van der Waals surface area contributed by atoms with Crippen LogP contribution in [0.15, 0.2) is 60.7 Å². The SMILES string of the molecule is O=C(c1cc(N2CCc3ccccc32)nc(-c2ccccc2)n1)N1CCCCC1. The van der Waals surface area contributed by atoms with Crippen LogP contribution in [0, 0.1) is 0 Å². The van der Waals surface area contributed by atoms with Gasteiger partial charge in [-0.3, -0.25) is 4.79 Å². The first-order valence-electron chi connectivity index (χ1n) is 10.4. The molecule has 0 spiro atoms. The zero-order valence-corrected chi connectivity index (χ0v) is 16.4. The van der Waals surface area contributed by atoms with Crippen molar-refractivity contribution in [2.45, 2.75) is 25.7 Å². The molecule has 2 aromatic carbocycles. The molecule has 2 aliphatic rings. The van der Waals surface area contributed by atoms with Crippen molar-refractivity contribution in [3.63, 3.8) is 0 Å². The van der Waals surface area contributed by atoms with Gasteiger partial charge in [-0.05, 0) is 37.3 Å². The summed E-state index contributed by atoms with van der Waals surface area (Å²) in [7, 11) is 0. The highest BCUT2D eigenvalue weighted by Gasteiger charge is 2.25. The zero-order valence-electron chi connectivity index (χ0n) is 16.4. The minimum atomic E-state index is 0.0120. The smallest absolute Gasteiger partial charge is 0.272 e. The number of aromatic nitrogens is 2. The molecule has 5 heteroatoms. The Kier molecular flexibility index (Phi) is 4.72. The molecule has 0 bridgehead atoms. The number of rotatable bonds is 3. The van der Waals surface area contributed by atoms with E-state index < -0.39 is 0 Å². The van der Waals surface area contributed by atoms with Crippen molar-refractivity contribution in [1.82, 2.24) is 14.9 Å². The maximum Gasteiger partial charge on any atom is 0.272 e. The van der Waals surface area contributed by atoms with Crippen LogP contribution in [-0.2, 0) is 6.42 Å². The van der Waals surface area contributed by atoms with E-state index >= 15 is 0 Å². The Hall–Kier alpha value is -3.21. The van der Waals surface area contributed by atoms with Gasteiger partial charge < -0.3 is 9.80 Å². The Labute approximate surface area is 171 Å². The van der Waals surface area contributed by atoms with Crippen LogP contribution in [0.2, 0.25) is 0 Å². The first kappa shape index (κ1) is 17.9. The van der Waals surface area contributed by atoms with E-state index in [1.807, 2.05) is 41.3 Å². The van der Waals surface area contributed by atoms with Gasteiger partial charge in [-0.1, -0.05) is 48.5 Å². The monoisotopic (exact) mass is 384 g/mol. The summed E-state index contributed by atoms with van der Waals surface area (Å²) in [6.45, 7) is 2.48. The van der Waals surface area contributed by atoms with Gasteiger partial charge in [0, 0.05) is 37.0 Å². The Morgan fingerprint density at radius 2 is 1.59 bits per heavy atom. The quantitative estimate of drug-likeness (QED) is 0.669. The van der Waals surface area contributed by atoms with E-state index in [0.717, 1.165) is 50.3 Å². The fourth-order valence-electron chi connectivity index (χ4n) is 4.23. The van der Waals surface area contributed by atoms with Crippen LogP contribution in [0.4, 0.5) is 11.5 Å². The molecule has 146 valence electrons. The molecule has 0 aliphatic carbocycles. The van der Waals surface area contributed by atoms with E-state index in [1.54, 1.807) is 0 Å². The number of carbonyl (C=O) groups excluding carboxylic acids is 1. The van der Waals surface area contributed by atoms with Crippen molar-refractivity contribution < 1.29 is 4.79 Å². The predicted molar refractivity (Wildman–Crippen MR) is 114 cm³/mol. The standard InChI is InChI=1S/C24H24N4O/c29-24(27-14-7-2-8-15-27)20-17-22(26-23(25-20)19-10-3-1-4-11-19)28-16-13-18-9-5-6-12-21(18)28/h1,3-6,9-12,17H,2,7-8,13-16H2. The number of anilines is 2. The number of benzene rings is 2. The van der Waals surface area contributed by atoms with Crippen LogP contribution >= 0.6 is 0 Å². The van der Waals surface area contributed by atoms with E-state index in [0.29, 0.717) is 11.5 Å². The van der Waals surface area contributed by atoms with Crippen molar-refractivity contribution in [2.24, 2.45) is 0 Å². The Bertz CT molecular complexity index is 1030. The number of para-hydroxylation sites is 1. The number of hydrogen-bond donors (Lipinski definition) is 0. The molecule has 1 fully saturated rings. The molecule has 0 radical (unpaired) electrons. The molecule has 1 saturated heterocycles. The van der Waals surface area contributed by atoms with Crippen LogP contribution in [0.25, 0.3) is 11.4 Å². The van der Waals surface area contributed by atoms with Gasteiger partial charge in [-0.25, -0.2) is 9.97 Å². The van der Waals surface area contributed by atoms with Crippen LogP contribution in [0.1, 0.15) is 35.3 Å². The molecular weight excluding hydrogens is 360 g/mol. The lowest BCUT2D eigenvalue weighted by Crippen LogP contribution is -2.36. The molecule has 0 atom stereocenters. The van der Waals surface area contributed by atoms with Crippen molar-refractivity contribution in [3.8, 4) is 11.4 Å². The minimum absolute atomic E-state index is 0.0120. The number of fused-ring (bicyclic) bond motifs is 1. The summed E-state index contributed by atoms with van der Waals surface area (Å²) in [5, 5.41) is 0. The van der Waals surface area contributed by atoms with Gasteiger partial charge in [0.05, 0.1) is 0 Å². The highest BCUT2D eigenvalue weighted by molar-refractivity contribution is 5.94. The Morgan fingerprint density at radius 3 is 2.41 bits per heavy atom. The number of carbonyl (C=O) groups is 1.